The second kappa shape index (κ2) is 42.4. The van der Waals surface area contributed by atoms with Gasteiger partial charge in [0, 0.05) is 19.3 Å². The van der Waals surface area contributed by atoms with Crippen molar-refractivity contribution in [2.24, 2.45) is 0 Å². The first-order chi connectivity index (χ1) is 26.0. The highest BCUT2D eigenvalue weighted by Crippen LogP contribution is 2.15. The summed E-state index contributed by atoms with van der Waals surface area (Å²) in [6.45, 7) is 6.43. The number of unbranched alkanes of at least 4 members (excludes halogenated alkanes) is 23. The van der Waals surface area contributed by atoms with E-state index in [1.165, 1.54) is 96.3 Å². The summed E-state index contributed by atoms with van der Waals surface area (Å²) in [5, 5.41) is 0. The van der Waals surface area contributed by atoms with Gasteiger partial charge in [0.15, 0.2) is 6.10 Å². The van der Waals surface area contributed by atoms with E-state index in [0.717, 1.165) is 89.9 Å². The van der Waals surface area contributed by atoms with Crippen molar-refractivity contribution in [3.63, 3.8) is 0 Å². The Hall–Kier alpha value is -2.37. The molecule has 0 aromatic carbocycles. The number of carbonyl (C=O) groups is 3. The molecule has 0 saturated heterocycles. The molecule has 6 nitrogen and oxygen atoms in total. The van der Waals surface area contributed by atoms with Crippen LogP contribution in [-0.4, -0.2) is 37.2 Å². The van der Waals surface area contributed by atoms with E-state index in [-0.39, 0.29) is 31.1 Å². The molecule has 0 bridgehead atoms. The van der Waals surface area contributed by atoms with Gasteiger partial charge in [0.2, 0.25) is 0 Å². The fraction of sp³-hybridized carbons (Fsp3) is 0.809. The lowest BCUT2D eigenvalue weighted by Crippen LogP contribution is -2.30. The smallest absolute Gasteiger partial charge is 0.306 e. The Labute approximate surface area is 327 Å². The van der Waals surface area contributed by atoms with Gasteiger partial charge in [-0.3, -0.25) is 14.4 Å². The highest BCUT2D eigenvalue weighted by atomic mass is 16.6. The van der Waals surface area contributed by atoms with Gasteiger partial charge in [0.1, 0.15) is 13.2 Å². The molecule has 0 saturated carbocycles. The summed E-state index contributed by atoms with van der Waals surface area (Å²) in [5.74, 6) is -0.895. The number of allylic oxidation sites excluding steroid dienone is 6. The normalized spacial score (nSPS) is 12.3. The number of esters is 3. The lowest BCUT2D eigenvalue weighted by Gasteiger charge is -2.18. The van der Waals surface area contributed by atoms with Gasteiger partial charge in [0.25, 0.3) is 0 Å². The van der Waals surface area contributed by atoms with E-state index in [9.17, 15) is 14.4 Å². The Balaban J connectivity index is 4.21. The Morgan fingerprint density at radius 1 is 0.396 bits per heavy atom. The molecule has 1 unspecified atom stereocenters. The molecule has 0 spiro atoms. The maximum absolute atomic E-state index is 12.7. The topological polar surface area (TPSA) is 78.9 Å². The minimum Gasteiger partial charge on any atom is -0.462 e. The summed E-state index contributed by atoms with van der Waals surface area (Å²) < 4.78 is 16.6. The molecule has 0 N–H and O–H groups in total. The van der Waals surface area contributed by atoms with Crippen molar-refractivity contribution in [1.82, 2.24) is 0 Å². The molecule has 0 rings (SSSR count). The molecule has 0 aromatic heterocycles. The van der Waals surface area contributed by atoms with Crippen LogP contribution in [-0.2, 0) is 28.6 Å². The highest BCUT2D eigenvalue weighted by Gasteiger charge is 2.19. The lowest BCUT2D eigenvalue weighted by molar-refractivity contribution is -0.167. The van der Waals surface area contributed by atoms with Gasteiger partial charge in [0.05, 0.1) is 0 Å². The predicted octanol–water partition coefficient (Wildman–Crippen LogP) is 14.2. The molecule has 0 heterocycles. The molecule has 0 aliphatic heterocycles. The zero-order valence-electron chi connectivity index (χ0n) is 35.0. The maximum Gasteiger partial charge on any atom is 0.306 e. The third-order valence-corrected chi connectivity index (χ3v) is 9.66. The summed E-state index contributed by atoms with van der Waals surface area (Å²) in [7, 11) is 0. The van der Waals surface area contributed by atoms with E-state index in [0.29, 0.717) is 19.3 Å². The molecule has 1 atom stereocenters. The standard InChI is InChI=1S/C47H84O6/c1-4-7-10-13-15-17-19-21-22-23-24-26-27-29-31-34-37-40-46(49)52-43-44(42-51-45(48)39-36-33-12-9-6-3)53-47(50)41-38-35-32-30-28-25-20-18-16-14-11-8-5-2/h7,10,15,17,21-22,44H,4-6,8-9,11-14,16,18-20,23-43H2,1-3H3/b10-7-,17-15-,22-21-. The lowest BCUT2D eigenvalue weighted by atomic mass is 10.0. The van der Waals surface area contributed by atoms with Crippen molar-refractivity contribution in [3.8, 4) is 0 Å². The fourth-order valence-electron chi connectivity index (χ4n) is 6.28. The maximum atomic E-state index is 12.7. The molecule has 308 valence electrons. The van der Waals surface area contributed by atoms with Crippen LogP contribution < -0.4 is 0 Å². The van der Waals surface area contributed by atoms with Crippen molar-refractivity contribution in [3.05, 3.63) is 36.5 Å². The fourth-order valence-corrected chi connectivity index (χ4v) is 6.28. The van der Waals surface area contributed by atoms with Crippen LogP contribution in [0.1, 0.15) is 226 Å². The summed E-state index contributed by atoms with van der Waals surface area (Å²) in [5.41, 5.74) is 0. The van der Waals surface area contributed by atoms with Crippen LogP contribution in [0.25, 0.3) is 0 Å². The molecular weight excluding hydrogens is 661 g/mol. The third-order valence-electron chi connectivity index (χ3n) is 9.66. The van der Waals surface area contributed by atoms with Crippen LogP contribution in [0.5, 0.6) is 0 Å². The second-order valence-corrected chi connectivity index (χ2v) is 14.9. The average Bonchev–Trinajstić information content (AvgIpc) is 3.15. The van der Waals surface area contributed by atoms with Gasteiger partial charge in [-0.15, -0.1) is 0 Å². The second-order valence-electron chi connectivity index (χ2n) is 14.9. The van der Waals surface area contributed by atoms with Crippen LogP contribution in [0.4, 0.5) is 0 Å². The molecule has 0 fully saturated rings. The van der Waals surface area contributed by atoms with Gasteiger partial charge < -0.3 is 14.2 Å². The number of ether oxygens (including phenoxy) is 3. The number of hydrogen-bond donors (Lipinski definition) is 0. The Bertz CT molecular complexity index is 907. The summed E-state index contributed by atoms with van der Waals surface area (Å²) >= 11 is 0. The molecule has 6 heteroatoms. The zero-order chi connectivity index (χ0) is 38.7. The molecule has 0 aliphatic rings. The van der Waals surface area contributed by atoms with Crippen LogP contribution in [0.2, 0.25) is 0 Å². The first-order valence-corrected chi connectivity index (χ1v) is 22.5. The largest absolute Gasteiger partial charge is 0.462 e. The first-order valence-electron chi connectivity index (χ1n) is 22.5. The van der Waals surface area contributed by atoms with Crippen LogP contribution >= 0.6 is 0 Å². The van der Waals surface area contributed by atoms with Gasteiger partial charge in [-0.05, 0) is 51.4 Å². The number of rotatable bonds is 40. The molecule has 53 heavy (non-hydrogen) atoms. The van der Waals surface area contributed by atoms with Crippen LogP contribution in [0.3, 0.4) is 0 Å². The van der Waals surface area contributed by atoms with Crippen molar-refractivity contribution in [1.29, 1.82) is 0 Å². The Morgan fingerprint density at radius 2 is 0.736 bits per heavy atom. The van der Waals surface area contributed by atoms with E-state index in [4.69, 9.17) is 14.2 Å². The molecule has 0 radical (unpaired) electrons. The quantitative estimate of drug-likeness (QED) is 0.0269. The summed E-state index contributed by atoms with van der Waals surface area (Å²) in [4.78, 5) is 37.5. The Morgan fingerprint density at radius 3 is 1.15 bits per heavy atom. The zero-order valence-corrected chi connectivity index (χ0v) is 35.0. The number of hydrogen-bond acceptors (Lipinski definition) is 6. The van der Waals surface area contributed by atoms with Crippen molar-refractivity contribution < 1.29 is 28.6 Å². The number of carbonyl (C=O) groups excluding carboxylic acids is 3. The average molecular weight is 745 g/mol. The molecular formula is C47H84O6. The van der Waals surface area contributed by atoms with E-state index in [1.54, 1.807) is 0 Å². The highest BCUT2D eigenvalue weighted by molar-refractivity contribution is 5.71. The van der Waals surface area contributed by atoms with Crippen molar-refractivity contribution >= 4 is 17.9 Å². The first kappa shape index (κ1) is 50.6. The molecule has 0 aliphatic carbocycles. The van der Waals surface area contributed by atoms with Gasteiger partial charge in [-0.25, -0.2) is 0 Å². The van der Waals surface area contributed by atoms with E-state index >= 15 is 0 Å². The minimum atomic E-state index is -0.767. The van der Waals surface area contributed by atoms with E-state index in [2.05, 4.69) is 57.2 Å². The Kier molecular flexibility index (Phi) is 40.5. The SMILES string of the molecule is CC/C=C\C/C=C\C/C=C\CCCCCCCCCC(=O)OCC(COC(=O)CCCCCCC)OC(=O)CCCCCCCCCCCCCCC. The minimum absolute atomic E-state index is 0.0742. The van der Waals surface area contributed by atoms with Gasteiger partial charge in [-0.2, -0.15) is 0 Å². The molecule has 0 amide bonds. The van der Waals surface area contributed by atoms with Crippen molar-refractivity contribution in [2.45, 2.75) is 232 Å². The van der Waals surface area contributed by atoms with E-state index in [1.807, 2.05) is 0 Å². The molecule has 0 aromatic rings. The monoisotopic (exact) mass is 745 g/mol. The van der Waals surface area contributed by atoms with Crippen LogP contribution in [0, 0.1) is 0 Å². The van der Waals surface area contributed by atoms with Gasteiger partial charge in [-0.1, -0.05) is 192 Å². The summed E-state index contributed by atoms with van der Waals surface area (Å²) in [6.07, 6.45) is 47.2. The van der Waals surface area contributed by atoms with Gasteiger partial charge >= 0.3 is 17.9 Å². The van der Waals surface area contributed by atoms with Crippen LogP contribution in [0.15, 0.2) is 36.5 Å². The predicted molar refractivity (Wildman–Crippen MR) is 224 cm³/mol. The van der Waals surface area contributed by atoms with Crippen molar-refractivity contribution in [2.75, 3.05) is 13.2 Å². The third kappa shape index (κ3) is 40.6. The van der Waals surface area contributed by atoms with E-state index < -0.39 is 6.10 Å². The summed E-state index contributed by atoms with van der Waals surface area (Å²) in [6, 6.07) is 0.